The van der Waals surface area contributed by atoms with Gasteiger partial charge >= 0.3 is 0 Å². The maximum Gasteiger partial charge on any atom is 0.273 e. The third-order valence-electron chi connectivity index (χ3n) is 2.87. The molecule has 9 nitrogen and oxygen atoms in total. The number of nitrogens with zero attached hydrogens (tertiary/aromatic N) is 3. The molecular formula is C15H13N4O5-. The van der Waals surface area contributed by atoms with Gasteiger partial charge in [-0.3, -0.25) is 19.9 Å². The Hall–Kier alpha value is -3.49. The molecule has 0 saturated carbocycles. The van der Waals surface area contributed by atoms with Gasteiger partial charge in [0.15, 0.2) is 0 Å². The number of hydrogen-bond acceptors (Lipinski definition) is 7. The molecule has 24 heavy (non-hydrogen) atoms. The number of aromatic nitrogens is 1. The van der Waals surface area contributed by atoms with Crippen LogP contribution in [0.4, 0.5) is 5.69 Å². The molecular weight excluding hydrogens is 316 g/mol. The van der Waals surface area contributed by atoms with Crippen molar-refractivity contribution in [1.29, 1.82) is 0 Å². The van der Waals surface area contributed by atoms with Crippen molar-refractivity contribution in [3.8, 4) is 11.5 Å². The van der Waals surface area contributed by atoms with E-state index in [9.17, 15) is 20.0 Å². The molecule has 0 fully saturated rings. The number of non-ortho nitro benzene ring substituents is 1. The zero-order chi connectivity index (χ0) is 17.5. The van der Waals surface area contributed by atoms with E-state index in [1.807, 2.05) is 0 Å². The van der Waals surface area contributed by atoms with Crippen molar-refractivity contribution in [2.45, 2.75) is 6.92 Å². The lowest BCUT2D eigenvalue weighted by molar-refractivity contribution is -0.385. The lowest BCUT2D eigenvalue weighted by Gasteiger charge is -2.16. The number of hydrogen-bond donors (Lipinski definition) is 1. The van der Waals surface area contributed by atoms with E-state index < -0.39 is 16.6 Å². The van der Waals surface area contributed by atoms with E-state index in [1.54, 1.807) is 13.0 Å². The number of nitro benzene ring substituents is 1. The molecule has 0 atom stereocenters. The van der Waals surface area contributed by atoms with Crippen molar-refractivity contribution in [3.05, 3.63) is 57.9 Å². The van der Waals surface area contributed by atoms with Crippen LogP contribution < -0.4 is 15.3 Å². The maximum atomic E-state index is 12.1. The fourth-order valence-corrected chi connectivity index (χ4v) is 1.79. The first-order valence-electron chi connectivity index (χ1n) is 6.88. The maximum absolute atomic E-state index is 12.1. The predicted octanol–water partition coefficient (Wildman–Crippen LogP) is 1.23. The minimum Gasteiger partial charge on any atom is -0.870 e. The molecule has 9 heteroatoms. The fraction of sp³-hybridized carbons (Fsp3) is 0.133. The van der Waals surface area contributed by atoms with Crippen molar-refractivity contribution in [1.82, 2.24) is 10.4 Å². The lowest BCUT2D eigenvalue weighted by atomic mass is 10.1. The third-order valence-corrected chi connectivity index (χ3v) is 2.87. The van der Waals surface area contributed by atoms with Crippen LogP contribution >= 0.6 is 0 Å². The SMILES string of the molecule is CCOc1cc([N+](=O)[O-])cc(/C=N\NC(=O)c2cccnc2)c1[O-]. The molecule has 1 N–H and O–H groups in total. The summed E-state index contributed by atoms with van der Waals surface area (Å²) < 4.78 is 5.09. The first-order chi connectivity index (χ1) is 11.5. The van der Waals surface area contributed by atoms with Crippen molar-refractivity contribution < 1.29 is 19.6 Å². The summed E-state index contributed by atoms with van der Waals surface area (Å²) in [5.74, 6) is -1.23. The number of carbonyl (C=O) groups is 1. The highest BCUT2D eigenvalue weighted by molar-refractivity contribution is 5.95. The van der Waals surface area contributed by atoms with E-state index in [1.165, 1.54) is 18.5 Å². The summed E-state index contributed by atoms with van der Waals surface area (Å²) in [4.78, 5) is 25.9. The van der Waals surface area contributed by atoms with Crippen LogP contribution in [0.2, 0.25) is 0 Å². The van der Waals surface area contributed by atoms with Gasteiger partial charge in [0.1, 0.15) is 5.75 Å². The number of ether oxygens (including phenoxy) is 1. The van der Waals surface area contributed by atoms with Crippen molar-refractivity contribution in [2.75, 3.05) is 6.61 Å². The quantitative estimate of drug-likeness (QED) is 0.482. The molecule has 0 aliphatic heterocycles. The highest BCUT2D eigenvalue weighted by Gasteiger charge is 2.12. The van der Waals surface area contributed by atoms with Gasteiger partial charge in [-0.1, -0.05) is 5.75 Å². The summed E-state index contributed by atoms with van der Waals surface area (Å²) in [6, 6.07) is 5.24. The number of pyridine rings is 1. The van der Waals surface area contributed by atoms with E-state index >= 15 is 0 Å². The number of rotatable bonds is 6. The molecule has 0 radical (unpaired) electrons. The van der Waals surface area contributed by atoms with Gasteiger partial charge in [-0.15, -0.1) is 0 Å². The molecule has 1 amide bonds. The van der Waals surface area contributed by atoms with E-state index in [4.69, 9.17) is 4.74 Å². The second-order valence-corrected chi connectivity index (χ2v) is 4.49. The molecule has 1 heterocycles. The number of benzene rings is 1. The molecule has 0 saturated heterocycles. The van der Waals surface area contributed by atoms with Gasteiger partial charge in [0.05, 0.1) is 29.4 Å². The number of carbonyl (C=O) groups excluding carboxylic acids is 1. The zero-order valence-corrected chi connectivity index (χ0v) is 12.6. The van der Waals surface area contributed by atoms with Gasteiger partial charge in [0.25, 0.3) is 11.6 Å². The second-order valence-electron chi connectivity index (χ2n) is 4.49. The summed E-state index contributed by atoms with van der Waals surface area (Å²) in [6.45, 7) is 1.84. The normalized spacial score (nSPS) is 10.5. The van der Waals surface area contributed by atoms with Crippen LogP contribution in [0.5, 0.6) is 11.5 Å². The van der Waals surface area contributed by atoms with Gasteiger partial charge in [-0.2, -0.15) is 5.10 Å². The van der Waals surface area contributed by atoms with Crippen molar-refractivity contribution in [2.24, 2.45) is 5.10 Å². The number of amides is 1. The summed E-state index contributed by atoms with van der Waals surface area (Å²) >= 11 is 0. The summed E-state index contributed by atoms with van der Waals surface area (Å²) in [5, 5.41) is 26.7. The summed E-state index contributed by atoms with van der Waals surface area (Å²) in [7, 11) is 0. The molecule has 2 rings (SSSR count). The Morgan fingerprint density at radius 2 is 2.29 bits per heavy atom. The molecule has 1 aromatic heterocycles. The monoisotopic (exact) mass is 329 g/mol. The first-order valence-corrected chi connectivity index (χ1v) is 6.88. The van der Waals surface area contributed by atoms with Gasteiger partial charge in [-0.25, -0.2) is 5.43 Å². The van der Waals surface area contributed by atoms with Crippen LogP contribution in [-0.4, -0.2) is 28.6 Å². The molecule has 2 aromatic rings. The fourth-order valence-electron chi connectivity index (χ4n) is 1.79. The Balaban J connectivity index is 2.21. The minimum atomic E-state index is -0.645. The molecule has 0 bridgehead atoms. The Morgan fingerprint density at radius 1 is 1.50 bits per heavy atom. The standard InChI is InChI=1S/C15H14N4O5/c1-2-24-13-7-12(19(22)23)6-11(14(13)20)9-17-18-15(21)10-4-3-5-16-8-10/h3-9,20H,2H2,1H3,(H,18,21)/p-1/b17-9-. The van der Waals surface area contributed by atoms with Crippen LogP contribution in [0.1, 0.15) is 22.8 Å². The van der Waals surface area contributed by atoms with Gasteiger partial charge in [0.2, 0.25) is 0 Å². The molecule has 0 aliphatic carbocycles. The predicted molar refractivity (Wildman–Crippen MR) is 83.0 cm³/mol. The van der Waals surface area contributed by atoms with E-state index in [-0.39, 0.29) is 29.2 Å². The van der Waals surface area contributed by atoms with Crippen LogP contribution in [0.25, 0.3) is 0 Å². The molecule has 0 unspecified atom stereocenters. The van der Waals surface area contributed by atoms with Crippen LogP contribution in [-0.2, 0) is 0 Å². The Kier molecular flexibility index (Phi) is 5.40. The van der Waals surface area contributed by atoms with Crippen molar-refractivity contribution in [3.63, 3.8) is 0 Å². The lowest BCUT2D eigenvalue weighted by Crippen LogP contribution is -2.17. The second kappa shape index (κ2) is 7.68. The number of hydrazone groups is 1. The smallest absolute Gasteiger partial charge is 0.273 e. The summed E-state index contributed by atoms with van der Waals surface area (Å²) in [6.07, 6.45) is 3.90. The highest BCUT2D eigenvalue weighted by atomic mass is 16.6. The Morgan fingerprint density at radius 3 is 2.92 bits per heavy atom. The number of nitrogens with one attached hydrogen (secondary N) is 1. The topological polar surface area (TPSA) is 130 Å². The van der Waals surface area contributed by atoms with E-state index in [0.717, 1.165) is 18.3 Å². The van der Waals surface area contributed by atoms with E-state index in [0.29, 0.717) is 0 Å². The Labute approximate surface area is 136 Å². The molecule has 124 valence electrons. The molecule has 1 aromatic carbocycles. The average Bonchev–Trinajstić information content (AvgIpc) is 2.58. The van der Waals surface area contributed by atoms with Crippen LogP contribution in [0.15, 0.2) is 41.8 Å². The minimum absolute atomic E-state index is 0.0702. The van der Waals surface area contributed by atoms with Gasteiger partial charge in [-0.05, 0) is 24.6 Å². The van der Waals surface area contributed by atoms with Crippen molar-refractivity contribution >= 4 is 17.8 Å². The van der Waals surface area contributed by atoms with Crippen LogP contribution in [0, 0.1) is 10.1 Å². The summed E-state index contributed by atoms with van der Waals surface area (Å²) in [5.41, 5.74) is 2.12. The largest absolute Gasteiger partial charge is 0.870 e. The first kappa shape index (κ1) is 16.9. The number of nitro groups is 1. The molecule has 0 spiro atoms. The van der Waals surface area contributed by atoms with Gasteiger partial charge < -0.3 is 9.84 Å². The Bertz CT molecular complexity index is 777. The zero-order valence-electron chi connectivity index (χ0n) is 12.6. The van der Waals surface area contributed by atoms with E-state index in [2.05, 4.69) is 15.5 Å². The highest BCUT2D eigenvalue weighted by Crippen LogP contribution is 2.31. The average molecular weight is 329 g/mol. The third kappa shape index (κ3) is 4.03. The molecule has 0 aliphatic rings. The van der Waals surface area contributed by atoms with Gasteiger partial charge in [0, 0.05) is 18.5 Å². The van der Waals surface area contributed by atoms with Crippen LogP contribution in [0.3, 0.4) is 0 Å².